The summed E-state index contributed by atoms with van der Waals surface area (Å²) in [4.78, 5) is 9.43. The van der Waals surface area contributed by atoms with E-state index >= 15 is 0 Å². The molecule has 10 aromatic rings. The van der Waals surface area contributed by atoms with E-state index in [-0.39, 0.29) is 46.0 Å². The van der Waals surface area contributed by atoms with E-state index in [9.17, 15) is 2.74 Å². The molecule has 0 saturated heterocycles. The number of hydrogen-bond donors (Lipinski definition) is 0. The summed E-state index contributed by atoms with van der Waals surface area (Å²) in [6, 6.07) is 55.1. The minimum absolute atomic E-state index is 0.0761. The van der Waals surface area contributed by atoms with Crippen LogP contribution >= 0.6 is 0 Å². The number of anilines is 4. The molecule has 0 unspecified atom stereocenters. The molecule has 3 heterocycles. The molecule has 0 saturated carbocycles. The summed E-state index contributed by atoms with van der Waals surface area (Å²) in [5, 5.41) is 2.21. The fourth-order valence-corrected chi connectivity index (χ4v) is 9.91. The minimum Gasteiger partial charge on any atom is -0.457 e. The molecule has 0 amide bonds. The topological polar surface area (TPSA) is 33.5 Å². The van der Waals surface area contributed by atoms with Crippen molar-refractivity contribution in [3.05, 3.63) is 217 Å². The van der Waals surface area contributed by atoms with Crippen LogP contribution in [0.4, 0.5) is 22.7 Å². The highest BCUT2D eigenvalue weighted by Crippen LogP contribution is 2.51. The molecule has 11 rings (SSSR count). The normalized spacial score (nSPS) is 14.0. The van der Waals surface area contributed by atoms with E-state index in [1.54, 1.807) is 0 Å². The molecule has 0 fully saturated rings. The summed E-state index contributed by atoms with van der Waals surface area (Å²) in [7, 11) is 0. The van der Waals surface area contributed by atoms with Crippen molar-refractivity contribution < 1.29 is 11.6 Å². The zero-order valence-corrected chi connectivity index (χ0v) is 42.1. The van der Waals surface area contributed by atoms with E-state index in [1.807, 2.05) is 54.7 Å². The van der Waals surface area contributed by atoms with Crippen molar-refractivity contribution >= 4 is 44.6 Å². The number of fused-ring (bicyclic) bond motifs is 4. The lowest BCUT2D eigenvalue weighted by Crippen LogP contribution is -2.25. The Morgan fingerprint density at radius 3 is 1.82 bits per heavy atom. The zero-order chi connectivity index (χ0) is 53.6. The van der Waals surface area contributed by atoms with Crippen LogP contribution in [0.5, 0.6) is 11.5 Å². The number of aromatic nitrogens is 2. The van der Waals surface area contributed by atoms with Crippen LogP contribution in [-0.4, -0.2) is 16.2 Å². The predicted molar refractivity (Wildman–Crippen MR) is 300 cm³/mol. The van der Waals surface area contributed by atoms with Crippen molar-refractivity contribution in [2.24, 2.45) is 0 Å². The van der Waals surface area contributed by atoms with Crippen LogP contribution in [0.2, 0.25) is 0 Å². The Morgan fingerprint density at radius 2 is 1.11 bits per heavy atom. The van der Waals surface area contributed by atoms with Gasteiger partial charge in [-0.1, -0.05) is 184 Å². The summed E-state index contributed by atoms with van der Waals surface area (Å²) in [5.74, 6) is 2.17. The van der Waals surface area contributed by atoms with Crippen molar-refractivity contribution in [2.45, 2.75) is 78.6 Å². The molecular formula is C66H62N4O. The number of para-hydroxylation sites is 3. The molecule has 1 aliphatic heterocycles. The Kier molecular flexibility index (Phi) is 9.84. The van der Waals surface area contributed by atoms with Gasteiger partial charge in [-0.3, -0.25) is 4.57 Å². The van der Waals surface area contributed by atoms with Crippen molar-refractivity contribution in [1.29, 1.82) is 0 Å². The molecular weight excluding hydrogens is 865 g/mol. The summed E-state index contributed by atoms with van der Waals surface area (Å²) < 4.78 is 53.7. The van der Waals surface area contributed by atoms with E-state index in [1.165, 1.54) is 16.7 Å². The fraction of sp³-hybridized carbons (Fsp3) is 0.197. The SMILES string of the molecule is [2H]c1c([2H])c([2H])c(-c2cccc(-c3cc(C(C)(C)C)cc(C(C)(C)C)c3)c2N2CN(c3cccc(Oc4ccc5c6cc(-c7ccccc7)ccc6n(-c6cc(C(C)(C)C)ccn6)c5c4)c3)c3ccccc32)c([2H])c1[2H]. The Hall–Kier alpha value is -7.89. The molecule has 0 aliphatic carbocycles. The number of nitrogens with zero attached hydrogens (tertiary/aromatic N) is 4. The van der Waals surface area contributed by atoms with Crippen molar-refractivity contribution in [2.75, 3.05) is 16.5 Å². The van der Waals surface area contributed by atoms with E-state index < -0.39 is 6.04 Å². The van der Waals surface area contributed by atoms with E-state index in [2.05, 4.69) is 192 Å². The van der Waals surface area contributed by atoms with E-state index in [0.29, 0.717) is 23.7 Å². The predicted octanol–water partition coefficient (Wildman–Crippen LogP) is 18.1. The van der Waals surface area contributed by atoms with Gasteiger partial charge in [-0.05, 0) is 116 Å². The lowest BCUT2D eigenvalue weighted by Gasteiger charge is -2.29. The van der Waals surface area contributed by atoms with E-state index in [0.717, 1.165) is 72.6 Å². The number of benzene rings is 8. The molecule has 71 heavy (non-hydrogen) atoms. The van der Waals surface area contributed by atoms with E-state index in [4.69, 9.17) is 13.8 Å². The van der Waals surface area contributed by atoms with Crippen molar-refractivity contribution in [3.8, 4) is 50.7 Å². The summed E-state index contributed by atoms with van der Waals surface area (Å²) in [6.45, 7) is 20.3. The molecule has 1 aliphatic rings. The third-order valence-corrected chi connectivity index (χ3v) is 13.8. The Balaban J connectivity index is 1.03. The third-order valence-electron chi connectivity index (χ3n) is 13.8. The number of ether oxygens (including phenoxy) is 1. The summed E-state index contributed by atoms with van der Waals surface area (Å²) in [5.41, 5.74) is 13.5. The Labute approximate surface area is 426 Å². The van der Waals surface area contributed by atoms with Gasteiger partial charge in [0.1, 0.15) is 24.0 Å². The second-order valence-corrected chi connectivity index (χ2v) is 21.9. The van der Waals surface area contributed by atoms with Crippen LogP contribution in [0, 0.1) is 0 Å². The van der Waals surface area contributed by atoms with Gasteiger partial charge < -0.3 is 14.5 Å². The number of hydrogen-bond acceptors (Lipinski definition) is 4. The second-order valence-electron chi connectivity index (χ2n) is 21.9. The first kappa shape index (κ1) is 39.9. The molecule has 5 nitrogen and oxygen atoms in total. The molecule has 0 bridgehead atoms. The summed E-state index contributed by atoms with van der Waals surface area (Å²) in [6.07, 6.45) is 1.90. The first-order valence-electron chi connectivity index (χ1n) is 27.0. The highest BCUT2D eigenvalue weighted by Gasteiger charge is 2.32. The maximum Gasteiger partial charge on any atom is 0.137 e. The lowest BCUT2D eigenvalue weighted by atomic mass is 9.78. The van der Waals surface area contributed by atoms with Crippen LogP contribution < -0.4 is 14.5 Å². The first-order valence-corrected chi connectivity index (χ1v) is 24.5. The monoisotopic (exact) mass is 932 g/mol. The fourth-order valence-electron chi connectivity index (χ4n) is 9.91. The molecule has 0 atom stereocenters. The molecule has 0 spiro atoms. The van der Waals surface area contributed by atoms with Gasteiger partial charge in [0.05, 0.1) is 34.9 Å². The molecule has 0 N–H and O–H groups in total. The molecule has 5 heteroatoms. The average Bonchev–Trinajstić information content (AvgIpc) is 3.98. The molecule has 0 radical (unpaired) electrons. The maximum absolute atomic E-state index is 9.26. The van der Waals surface area contributed by atoms with Crippen molar-refractivity contribution in [1.82, 2.24) is 9.55 Å². The number of rotatable bonds is 8. The van der Waals surface area contributed by atoms with Crippen LogP contribution in [0.3, 0.4) is 0 Å². The third kappa shape index (κ3) is 8.65. The van der Waals surface area contributed by atoms with Gasteiger partial charge in [0.25, 0.3) is 0 Å². The van der Waals surface area contributed by atoms with Crippen molar-refractivity contribution in [3.63, 3.8) is 0 Å². The first-order chi connectivity index (χ1) is 36.2. The Bertz CT molecular complexity index is 3860. The Morgan fingerprint density at radius 1 is 0.465 bits per heavy atom. The van der Waals surface area contributed by atoms with Gasteiger partial charge in [0.2, 0.25) is 0 Å². The summed E-state index contributed by atoms with van der Waals surface area (Å²) >= 11 is 0. The van der Waals surface area contributed by atoms with Crippen LogP contribution in [0.15, 0.2) is 200 Å². The quantitative estimate of drug-likeness (QED) is 0.152. The highest BCUT2D eigenvalue weighted by molar-refractivity contribution is 6.11. The van der Waals surface area contributed by atoms with Crippen LogP contribution in [0.1, 0.15) is 85.9 Å². The van der Waals surface area contributed by atoms with Crippen LogP contribution in [0.25, 0.3) is 61.0 Å². The molecule has 8 aromatic carbocycles. The van der Waals surface area contributed by atoms with Crippen LogP contribution in [-0.2, 0) is 16.2 Å². The maximum atomic E-state index is 9.26. The van der Waals surface area contributed by atoms with Gasteiger partial charge in [-0.2, -0.15) is 0 Å². The van der Waals surface area contributed by atoms with Gasteiger partial charge in [0, 0.05) is 45.9 Å². The smallest absolute Gasteiger partial charge is 0.137 e. The lowest BCUT2D eigenvalue weighted by molar-refractivity contribution is 0.483. The van der Waals surface area contributed by atoms with Gasteiger partial charge in [-0.15, -0.1) is 0 Å². The van der Waals surface area contributed by atoms with Gasteiger partial charge in [0.15, 0.2) is 0 Å². The highest BCUT2D eigenvalue weighted by atomic mass is 16.5. The molecule has 2 aromatic heterocycles. The number of pyridine rings is 1. The van der Waals surface area contributed by atoms with Gasteiger partial charge in [-0.25, -0.2) is 4.98 Å². The zero-order valence-electron chi connectivity index (χ0n) is 47.1. The standard InChI is InChI=1S/C66H62N4O/c1-64(2,3)48-34-35-67-62(40-48)70-58-33-30-46(44-20-12-10-13-21-44)38-57(58)56-32-31-53(42-61(56)70)71-52-25-18-24-51(41-52)68-43-69(60-29-17-16-28-59(60)68)63-54(45-22-14-11-15-23-45)26-19-27-55(63)47-36-49(65(4,5)6)39-50(37-47)66(7,8)9/h10-42H,43H2,1-9H3/i11D,14D,15D,22D,23D. The average molecular weight is 932 g/mol. The molecule has 352 valence electrons. The largest absolute Gasteiger partial charge is 0.457 e. The second kappa shape index (κ2) is 17.5. The van der Waals surface area contributed by atoms with Gasteiger partial charge >= 0.3 is 0 Å². The minimum atomic E-state index is -0.424.